The molecule has 156 valence electrons. The molecule has 3 N–H and O–H groups in total. The Balaban J connectivity index is 1.85. The van der Waals surface area contributed by atoms with Gasteiger partial charge in [-0.05, 0) is 25.1 Å². The van der Waals surface area contributed by atoms with Crippen molar-refractivity contribution in [1.82, 2.24) is 9.55 Å². The molecule has 10 nitrogen and oxygen atoms in total. The second-order valence-corrected chi connectivity index (χ2v) is 6.36. The molecule has 1 aromatic carbocycles. The van der Waals surface area contributed by atoms with E-state index in [2.05, 4.69) is 10.3 Å². The molecule has 1 aliphatic rings. The molecular weight excluding hydrogens is 389 g/mol. The van der Waals surface area contributed by atoms with Crippen molar-refractivity contribution < 1.29 is 33.6 Å². The molecule has 2 aromatic rings. The number of aliphatic hydroxyl groups excluding tert-OH is 2. The maximum absolute atomic E-state index is 14.5. The first-order valence-corrected chi connectivity index (χ1v) is 8.60. The molecule has 1 amide bonds. The number of anilines is 1. The van der Waals surface area contributed by atoms with Crippen molar-refractivity contribution in [3.8, 4) is 11.5 Å². The Labute approximate surface area is 164 Å². The predicted octanol–water partition coefficient (Wildman–Crippen LogP) is 0.291. The van der Waals surface area contributed by atoms with E-state index in [1.54, 1.807) is 0 Å². The average molecular weight is 409 g/mol. The molecule has 1 saturated heterocycles. The van der Waals surface area contributed by atoms with Crippen molar-refractivity contribution >= 4 is 11.7 Å². The van der Waals surface area contributed by atoms with E-state index in [9.17, 15) is 24.2 Å². The molecule has 1 aromatic heterocycles. The lowest BCUT2D eigenvalue weighted by Crippen LogP contribution is -2.36. The zero-order chi connectivity index (χ0) is 21.3. The number of hydrogen-bond donors (Lipinski definition) is 3. The third-order valence-corrected chi connectivity index (χ3v) is 4.54. The van der Waals surface area contributed by atoms with Crippen LogP contribution in [-0.2, 0) is 4.74 Å². The Morgan fingerprint density at radius 3 is 2.52 bits per heavy atom. The molecular formula is C18H20FN3O7. The molecule has 0 saturated carbocycles. The number of carbonyl (C=O) groups excluding carboxylic acids is 1. The van der Waals surface area contributed by atoms with Crippen LogP contribution in [0.2, 0.25) is 0 Å². The van der Waals surface area contributed by atoms with E-state index in [0.29, 0.717) is 11.5 Å². The second kappa shape index (κ2) is 8.15. The monoisotopic (exact) mass is 409 g/mol. The lowest BCUT2D eigenvalue weighted by molar-refractivity contribution is -0.0355. The molecule has 2 unspecified atom stereocenters. The third kappa shape index (κ3) is 3.92. The van der Waals surface area contributed by atoms with Crippen LogP contribution in [0.25, 0.3) is 0 Å². The highest BCUT2D eigenvalue weighted by Crippen LogP contribution is 2.29. The predicted molar refractivity (Wildman–Crippen MR) is 97.6 cm³/mol. The second-order valence-electron chi connectivity index (χ2n) is 6.36. The van der Waals surface area contributed by atoms with E-state index in [1.165, 1.54) is 39.3 Å². The van der Waals surface area contributed by atoms with Crippen LogP contribution in [-0.4, -0.2) is 58.2 Å². The fraction of sp³-hybridized carbons (Fsp3) is 0.389. The van der Waals surface area contributed by atoms with E-state index in [1.807, 2.05) is 0 Å². The number of aromatic nitrogens is 2. The Kier molecular flexibility index (Phi) is 5.82. The number of hydrogen-bond acceptors (Lipinski definition) is 8. The van der Waals surface area contributed by atoms with Gasteiger partial charge in [-0.3, -0.25) is 9.36 Å². The van der Waals surface area contributed by atoms with Gasteiger partial charge in [-0.15, -0.1) is 0 Å². The van der Waals surface area contributed by atoms with Crippen LogP contribution >= 0.6 is 0 Å². The van der Waals surface area contributed by atoms with Gasteiger partial charge in [0, 0.05) is 5.56 Å². The van der Waals surface area contributed by atoms with Gasteiger partial charge in [0.25, 0.3) is 5.91 Å². The van der Waals surface area contributed by atoms with Gasteiger partial charge in [-0.2, -0.15) is 4.98 Å². The summed E-state index contributed by atoms with van der Waals surface area (Å²) < 4.78 is 30.7. The van der Waals surface area contributed by atoms with Crippen molar-refractivity contribution in [2.45, 2.75) is 31.5 Å². The molecule has 4 atom stereocenters. The summed E-state index contributed by atoms with van der Waals surface area (Å²) in [5.74, 6) is -1.64. The van der Waals surface area contributed by atoms with Crippen LogP contribution in [0.3, 0.4) is 0 Å². The first-order chi connectivity index (χ1) is 13.8. The van der Waals surface area contributed by atoms with Gasteiger partial charge in [0.15, 0.2) is 29.4 Å². The Bertz CT molecular complexity index is 980. The Hall–Kier alpha value is -3.02. The number of nitrogens with one attached hydrogen (secondary N) is 1. The van der Waals surface area contributed by atoms with Crippen LogP contribution in [0.5, 0.6) is 11.5 Å². The smallest absolute Gasteiger partial charge is 0.351 e. The highest BCUT2D eigenvalue weighted by atomic mass is 19.1. The fourth-order valence-corrected chi connectivity index (χ4v) is 2.93. The Morgan fingerprint density at radius 2 is 1.93 bits per heavy atom. The molecule has 0 radical (unpaired) electrons. The van der Waals surface area contributed by atoms with Gasteiger partial charge >= 0.3 is 5.69 Å². The van der Waals surface area contributed by atoms with Crippen LogP contribution in [0, 0.1) is 5.82 Å². The van der Waals surface area contributed by atoms with Crippen molar-refractivity contribution in [3.63, 3.8) is 0 Å². The quantitative estimate of drug-likeness (QED) is 0.642. The van der Waals surface area contributed by atoms with E-state index in [4.69, 9.17) is 14.2 Å². The number of amides is 1. The SMILES string of the molecule is COc1ccc(C(=O)Nc2nc(=O)n([C@@H]3O[C@H](C)C(O)C3O)cc2F)cc1OC. The number of halogens is 1. The number of ether oxygens (including phenoxy) is 3. The molecule has 3 rings (SSSR count). The standard InChI is InChI=1S/C18H20FN3O7/c1-8-13(23)14(24)17(29-8)22-7-10(19)15(21-18(22)26)20-16(25)9-4-5-11(27-2)12(6-9)28-3/h4-8,13-14,17,23-24H,1-3H3,(H,20,21,25,26)/t8-,13?,14?,17-/m1/s1. The number of methoxy groups -OCH3 is 2. The molecule has 29 heavy (non-hydrogen) atoms. The summed E-state index contributed by atoms with van der Waals surface area (Å²) in [4.78, 5) is 28.2. The third-order valence-electron chi connectivity index (χ3n) is 4.54. The minimum absolute atomic E-state index is 0.125. The summed E-state index contributed by atoms with van der Waals surface area (Å²) in [7, 11) is 2.84. The molecule has 0 spiro atoms. The lowest BCUT2D eigenvalue weighted by atomic mass is 10.1. The topological polar surface area (TPSA) is 132 Å². The first kappa shape index (κ1) is 20.7. The number of aliphatic hydroxyl groups is 2. The summed E-state index contributed by atoms with van der Waals surface area (Å²) in [6.07, 6.45) is -3.98. The molecule has 0 bridgehead atoms. The van der Waals surface area contributed by atoms with Gasteiger partial charge in [0.1, 0.15) is 12.2 Å². The van der Waals surface area contributed by atoms with Crippen LogP contribution in [0.15, 0.2) is 29.2 Å². The first-order valence-electron chi connectivity index (χ1n) is 8.60. The van der Waals surface area contributed by atoms with Gasteiger partial charge in [-0.1, -0.05) is 0 Å². The molecule has 1 aliphatic heterocycles. The minimum atomic E-state index is -1.43. The van der Waals surface area contributed by atoms with Crippen LogP contribution in [0.1, 0.15) is 23.5 Å². The zero-order valence-electron chi connectivity index (χ0n) is 15.8. The summed E-state index contributed by atoms with van der Waals surface area (Å²) in [6, 6.07) is 4.32. The highest BCUT2D eigenvalue weighted by molar-refractivity contribution is 6.04. The number of nitrogens with zero attached hydrogens (tertiary/aromatic N) is 2. The number of rotatable bonds is 5. The number of benzene rings is 1. The number of carbonyl (C=O) groups is 1. The lowest BCUT2D eigenvalue weighted by Gasteiger charge is -2.17. The molecule has 2 heterocycles. The van der Waals surface area contributed by atoms with Crippen molar-refractivity contribution in [2.75, 3.05) is 19.5 Å². The normalized spacial score (nSPS) is 23.7. The van der Waals surface area contributed by atoms with Gasteiger partial charge in [0.05, 0.1) is 26.5 Å². The van der Waals surface area contributed by atoms with E-state index < -0.39 is 47.8 Å². The maximum atomic E-state index is 14.5. The largest absolute Gasteiger partial charge is 0.493 e. The van der Waals surface area contributed by atoms with Crippen LogP contribution in [0.4, 0.5) is 10.2 Å². The van der Waals surface area contributed by atoms with E-state index in [0.717, 1.165) is 10.8 Å². The summed E-state index contributed by atoms with van der Waals surface area (Å²) in [6.45, 7) is 1.50. The molecule has 11 heteroatoms. The van der Waals surface area contributed by atoms with Crippen LogP contribution < -0.4 is 20.5 Å². The Morgan fingerprint density at radius 1 is 1.24 bits per heavy atom. The van der Waals surface area contributed by atoms with Gasteiger partial charge in [0.2, 0.25) is 0 Å². The van der Waals surface area contributed by atoms with Crippen molar-refractivity contribution in [2.24, 2.45) is 0 Å². The van der Waals surface area contributed by atoms with Gasteiger partial charge < -0.3 is 29.7 Å². The summed E-state index contributed by atoms with van der Waals surface area (Å²) >= 11 is 0. The average Bonchev–Trinajstić information content (AvgIpc) is 2.96. The molecule has 0 aliphatic carbocycles. The fourth-order valence-electron chi connectivity index (χ4n) is 2.93. The van der Waals surface area contributed by atoms with E-state index >= 15 is 0 Å². The zero-order valence-corrected chi connectivity index (χ0v) is 15.8. The van der Waals surface area contributed by atoms with Crippen molar-refractivity contribution in [1.29, 1.82) is 0 Å². The highest BCUT2D eigenvalue weighted by Gasteiger charge is 2.42. The molecule has 1 fully saturated rings. The van der Waals surface area contributed by atoms with Gasteiger partial charge in [-0.25, -0.2) is 9.18 Å². The van der Waals surface area contributed by atoms with E-state index in [-0.39, 0.29) is 5.56 Å². The minimum Gasteiger partial charge on any atom is -0.493 e. The summed E-state index contributed by atoms with van der Waals surface area (Å²) in [5, 5.41) is 21.9. The van der Waals surface area contributed by atoms with Crippen molar-refractivity contribution in [3.05, 3.63) is 46.3 Å². The summed E-state index contributed by atoms with van der Waals surface area (Å²) in [5.41, 5.74) is -0.848. The maximum Gasteiger partial charge on any atom is 0.351 e.